The van der Waals surface area contributed by atoms with Crippen LogP contribution >= 0.6 is 11.8 Å². The molecule has 140 valence electrons. The van der Waals surface area contributed by atoms with Crippen LogP contribution in [0.1, 0.15) is 25.0 Å². The monoisotopic (exact) mass is 385 g/mol. The Labute approximate surface area is 162 Å². The predicted molar refractivity (Wildman–Crippen MR) is 105 cm³/mol. The molecule has 0 spiro atoms. The molecule has 4 nitrogen and oxygen atoms in total. The molecule has 0 saturated heterocycles. The molecule has 0 bridgehead atoms. The molecule has 2 aromatic carbocycles. The largest absolute Gasteiger partial charge is 0.497 e. The van der Waals surface area contributed by atoms with E-state index in [0.717, 1.165) is 5.56 Å². The fourth-order valence-electron chi connectivity index (χ4n) is 2.83. The number of ether oxygens (including phenoxy) is 1. The van der Waals surface area contributed by atoms with Crippen LogP contribution in [-0.2, 0) is 16.1 Å². The summed E-state index contributed by atoms with van der Waals surface area (Å²) in [4.78, 5) is 27.6. The molecule has 2 aromatic rings. The summed E-state index contributed by atoms with van der Waals surface area (Å²) in [5.74, 6) is -0.345. The number of hydrogen-bond donors (Lipinski definition) is 0. The van der Waals surface area contributed by atoms with Crippen LogP contribution in [0.15, 0.2) is 53.4 Å². The van der Waals surface area contributed by atoms with Crippen molar-refractivity contribution in [3.8, 4) is 5.75 Å². The normalized spacial score (nSPS) is 14.5. The van der Waals surface area contributed by atoms with Crippen molar-refractivity contribution < 1.29 is 18.7 Å². The van der Waals surface area contributed by atoms with Crippen molar-refractivity contribution in [3.63, 3.8) is 0 Å². The second-order valence-corrected chi connectivity index (χ2v) is 8.01. The Kier molecular flexibility index (Phi) is 5.65. The van der Waals surface area contributed by atoms with Crippen molar-refractivity contribution in [2.24, 2.45) is 0 Å². The Balaban J connectivity index is 1.94. The molecule has 2 amide bonds. The standard InChI is InChI=1S/C21H20FNO3S/c1-13(2)27-19-18(15-6-8-16(22)9-7-15)20(24)23(21(19)25)12-14-4-10-17(26-3)11-5-14/h4-11,13H,12H2,1-3H3. The SMILES string of the molecule is COc1ccc(CN2C(=O)C(SC(C)C)=C(c3ccc(F)cc3)C2=O)cc1. The lowest BCUT2D eigenvalue weighted by molar-refractivity contribution is -0.137. The van der Waals surface area contributed by atoms with E-state index >= 15 is 0 Å². The lowest BCUT2D eigenvalue weighted by Crippen LogP contribution is -2.31. The molecule has 1 aliphatic rings. The van der Waals surface area contributed by atoms with E-state index in [1.807, 2.05) is 26.0 Å². The van der Waals surface area contributed by atoms with Crippen LogP contribution in [0.3, 0.4) is 0 Å². The minimum Gasteiger partial charge on any atom is -0.497 e. The zero-order valence-electron chi connectivity index (χ0n) is 15.4. The summed E-state index contributed by atoms with van der Waals surface area (Å²) in [6.07, 6.45) is 0. The van der Waals surface area contributed by atoms with Gasteiger partial charge in [-0.25, -0.2) is 4.39 Å². The number of thioether (sulfide) groups is 1. The molecule has 0 saturated carbocycles. The van der Waals surface area contributed by atoms with Gasteiger partial charge in [0.15, 0.2) is 0 Å². The quantitative estimate of drug-likeness (QED) is 0.697. The van der Waals surface area contributed by atoms with Crippen molar-refractivity contribution in [2.75, 3.05) is 7.11 Å². The molecule has 0 N–H and O–H groups in total. The number of hydrogen-bond acceptors (Lipinski definition) is 4. The van der Waals surface area contributed by atoms with E-state index in [-0.39, 0.29) is 29.4 Å². The topological polar surface area (TPSA) is 46.6 Å². The second kappa shape index (κ2) is 7.96. The Hall–Kier alpha value is -2.60. The number of rotatable bonds is 6. The summed E-state index contributed by atoms with van der Waals surface area (Å²) in [5, 5.41) is 0.133. The molecule has 3 rings (SSSR count). The lowest BCUT2D eigenvalue weighted by atomic mass is 10.1. The van der Waals surface area contributed by atoms with Crippen LogP contribution in [0.25, 0.3) is 5.57 Å². The lowest BCUT2D eigenvalue weighted by Gasteiger charge is -2.15. The summed E-state index contributed by atoms with van der Waals surface area (Å²) in [6, 6.07) is 12.9. The molecule has 0 unspecified atom stereocenters. The van der Waals surface area contributed by atoms with E-state index in [1.165, 1.54) is 40.9 Å². The zero-order chi connectivity index (χ0) is 19.6. The Morgan fingerprint density at radius 1 is 1.00 bits per heavy atom. The smallest absolute Gasteiger partial charge is 0.268 e. The molecule has 0 atom stereocenters. The van der Waals surface area contributed by atoms with Gasteiger partial charge < -0.3 is 4.74 Å². The Morgan fingerprint density at radius 3 is 2.19 bits per heavy atom. The number of amides is 2. The molecule has 0 aromatic heterocycles. The Morgan fingerprint density at radius 2 is 1.63 bits per heavy atom. The third kappa shape index (κ3) is 4.06. The summed E-state index contributed by atoms with van der Waals surface area (Å²) in [5.41, 5.74) is 1.72. The van der Waals surface area contributed by atoms with E-state index in [4.69, 9.17) is 4.74 Å². The highest BCUT2D eigenvalue weighted by molar-refractivity contribution is 8.04. The number of halogens is 1. The third-order valence-corrected chi connectivity index (χ3v) is 5.20. The predicted octanol–water partition coefficient (Wildman–Crippen LogP) is 4.26. The van der Waals surface area contributed by atoms with Crippen molar-refractivity contribution in [1.29, 1.82) is 0 Å². The number of methoxy groups -OCH3 is 1. The van der Waals surface area contributed by atoms with Crippen LogP contribution in [0, 0.1) is 5.82 Å². The number of imide groups is 1. The first kappa shape index (κ1) is 19.2. The third-order valence-electron chi connectivity index (χ3n) is 4.11. The highest BCUT2D eigenvalue weighted by atomic mass is 32.2. The van der Waals surface area contributed by atoms with E-state index in [1.54, 1.807) is 19.2 Å². The molecule has 0 fully saturated rings. The van der Waals surface area contributed by atoms with Gasteiger partial charge in [0.1, 0.15) is 11.6 Å². The van der Waals surface area contributed by atoms with Gasteiger partial charge in [0, 0.05) is 5.25 Å². The number of carbonyl (C=O) groups is 2. The molecule has 6 heteroatoms. The summed E-state index contributed by atoms with van der Waals surface area (Å²) >= 11 is 1.36. The molecule has 0 aliphatic carbocycles. The highest BCUT2D eigenvalue weighted by Gasteiger charge is 2.39. The summed E-state index contributed by atoms with van der Waals surface area (Å²) in [7, 11) is 1.58. The summed E-state index contributed by atoms with van der Waals surface area (Å²) < 4.78 is 18.4. The fraction of sp³-hybridized carbons (Fsp3) is 0.238. The molecular formula is C21H20FNO3S. The van der Waals surface area contributed by atoms with E-state index in [2.05, 4.69) is 0 Å². The molecule has 1 heterocycles. The van der Waals surface area contributed by atoms with Crippen LogP contribution in [0.2, 0.25) is 0 Å². The molecule has 27 heavy (non-hydrogen) atoms. The average Bonchev–Trinajstić information content (AvgIpc) is 2.87. The summed E-state index contributed by atoms with van der Waals surface area (Å²) in [6.45, 7) is 4.10. The number of benzene rings is 2. The van der Waals surface area contributed by atoms with Crippen molar-refractivity contribution in [3.05, 3.63) is 70.4 Å². The van der Waals surface area contributed by atoms with Gasteiger partial charge in [-0.15, -0.1) is 11.8 Å². The van der Waals surface area contributed by atoms with E-state index in [9.17, 15) is 14.0 Å². The zero-order valence-corrected chi connectivity index (χ0v) is 16.2. The van der Waals surface area contributed by atoms with Gasteiger partial charge in [0.25, 0.3) is 11.8 Å². The first-order valence-corrected chi connectivity index (χ1v) is 9.44. The highest BCUT2D eigenvalue weighted by Crippen LogP contribution is 2.38. The average molecular weight is 385 g/mol. The van der Waals surface area contributed by atoms with E-state index < -0.39 is 0 Å². The Bertz CT molecular complexity index is 889. The van der Waals surface area contributed by atoms with Gasteiger partial charge in [-0.1, -0.05) is 38.1 Å². The molecule has 1 aliphatic heterocycles. The van der Waals surface area contributed by atoms with Crippen LogP contribution in [0.4, 0.5) is 4.39 Å². The van der Waals surface area contributed by atoms with E-state index in [0.29, 0.717) is 21.8 Å². The van der Waals surface area contributed by atoms with Gasteiger partial charge in [-0.3, -0.25) is 14.5 Å². The van der Waals surface area contributed by atoms with Gasteiger partial charge in [0.2, 0.25) is 0 Å². The molecule has 0 radical (unpaired) electrons. The van der Waals surface area contributed by atoms with Crippen molar-refractivity contribution >= 4 is 29.1 Å². The number of nitrogens with zero attached hydrogens (tertiary/aromatic N) is 1. The molecular weight excluding hydrogens is 365 g/mol. The fourth-order valence-corrected chi connectivity index (χ4v) is 3.83. The van der Waals surface area contributed by atoms with Crippen LogP contribution < -0.4 is 4.74 Å². The van der Waals surface area contributed by atoms with Crippen molar-refractivity contribution in [1.82, 2.24) is 4.90 Å². The van der Waals surface area contributed by atoms with Gasteiger partial charge >= 0.3 is 0 Å². The maximum Gasteiger partial charge on any atom is 0.268 e. The maximum absolute atomic E-state index is 13.3. The number of carbonyl (C=O) groups excluding carboxylic acids is 2. The van der Waals surface area contributed by atoms with Gasteiger partial charge in [-0.2, -0.15) is 0 Å². The maximum atomic E-state index is 13.3. The minimum atomic E-state index is -0.385. The van der Waals surface area contributed by atoms with Crippen LogP contribution in [0.5, 0.6) is 5.75 Å². The van der Waals surface area contributed by atoms with Gasteiger partial charge in [0.05, 0.1) is 24.1 Å². The first-order chi connectivity index (χ1) is 12.9. The second-order valence-electron chi connectivity index (χ2n) is 6.42. The van der Waals surface area contributed by atoms with Crippen LogP contribution in [-0.4, -0.2) is 29.1 Å². The first-order valence-electron chi connectivity index (χ1n) is 8.56. The minimum absolute atomic E-state index is 0.133. The van der Waals surface area contributed by atoms with Crippen molar-refractivity contribution in [2.45, 2.75) is 25.6 Å². The van der Waals surface area contributed by atoms with Gasteiger partial charge in [-0.05, 0) is 35.4 Å².